The first-order valence-electron chi connectivity index (χ1n) is 8.32. The SMILES string of the molecule is CN(Cc1cn(-c2ccccc2)nn1)Cc1nc2ccccc2c(=O)[nH]1. The number of aromatic amines is 1. The molecule has 0 aliphatic carbocycles. The van der Waals surface area contributed by atoms with E-state index in [1.807, 2.05) is 66.7 Å². The zero-order valence-electron chi connectivity index (χ0n) is 14.3. The lowest BCUT2D eigenvalue weighted by atomic mass is 10.2. The third-order valence-electron chi connectivity index (χ3n) is 4.08. The number of hydrogen-bond acceptors (Lipinski definition) is 5. The van der Waals surface area contributed by atoms with Crippen molar-refractivity contribution in [3.63, 3.8) is 0 Å². The summed E-state index contributed by atoms with van der Waals surface area (Å²) in [5, 5.41) is 8.99. The number of aromatic nitrogens is 5. The molecular formula is C19H18N6O. The molecule has 0 aliphatic heterocycles. The summed E-state index contributed by atoms with van der Waals surface area (Å²) in [6.45, 7) is 1.11. The quantitative estimate of drug-likeness (QED) is 0.599. The monoisotopic (exact) mass is 346 g/mol. The molecule has 2 aromatic heterocycles. The van der Waals surface area contributed by atoms with E-state index in [1.165, 1.54) is 0 Å². The Morgan fingerprint density at radius 3 is 2.65 bits per heavy atom. The Hall–Kier alpha value is -3.32. The molecule has 1 N–H and O–H groups in total. The van der Waals surface area contributed by atoms with Crippen molar-refractivity contribution >= 4 is 10.9 Å². The number of rotatable bonds is 5. The molecule has 0 radical (unpaired) electrons. The number of nitrogens with zero attached hydrogens (tertiary/aromatic N) is 5. The van der Waals surface area contributed by atoms with E-state index in [4.69, 9.17) is 0 Å². The molecule has 0 spiro atoms. The average molecular weight is 346 g/mol. The summed E-state index contributed by atoms with van der Waals surface area (Å²) in [6, 6.07) is 17.2. The molecule has 2 aromatic carbocycles. The van der Waals surface area contributed by atoms with Gasteiger partial charge in [0.25, 0.3) is 5.56 Å². The van der Waals surface area contributed by atoms with Crippen molar-refractivity contribution in [2.24, 2.45) is 0 Å². The summed E-state index contributed by atoms with van der Waals surface area (Å²) in [6.07, 6.45) is 1.91. The van der Waals surface area contributed by atoms with Crippen molar-refractivity contribution in [2.45, 2.75) is 13.1 Å². The lowest BCUT2D eigenvalue weighted by molar-refractivity contribution is 0.307. The lowest BCUT2D eigenvalue weighted by Gasteiger charge is -2.14. The molecule has 0 atom stereocenters. The van der Waals surface area contributed by atoms with Gasteiger partial charge in [0.05, 0.1) is 35.0 Å². The molecule has 0 amide bonds. The Morgan fingerprint density at radius 1 is 1.04 bits per heavy atom. The standard InChI is InChI=1S/C19H18N6O/c1-24(11-14-12-25(23-22-14)15-7-3-2-4-8-15)13-18-20-17-10-6-5-9-16(17)19(26)21-18/h2-10,12H,11,13H2,1H3,(H,20,21,26). The first-order valence-corrected chi connectivity index (χ1v) is 8.32. The minimum atomic E-state index is -0.117. The summed E-state index contributed by atoms with van der Waals surface area (Å²) >= 11 is 0. The number of hydrogen-bond donors (Lipinski definition) is 1. The van der Waals surface area contributed by atoms with Crippen LogP contribution in [0.4, 0.5) is 0 Å². The molecule has 7 heteroatoms. The van der Waals surface area contributed by atoms with Crippen molar-refractivity contribution in [3.8, 4) is 5.69 Å². The second kappa shape index (κ2) is 6.89. The summed E-state index contributed by atoms with van der Waals surface area (Å²) in [5.41, 5.74) is 2.40. The minimum Gasteiger partial charge on any atom is -0.309 e. The molecular weight excluding hydrogens is 328 g/mol. The number of H-pyrrole nitrogens is 1. The molecule has 0 saturated carbocycles. The Morgan fingerprint density at radius 2 is 1.81 bits per heavy atom. The van der Waals surface area contributed by atoms with Gasteiger partial charge in [-0.3, -0.25) is 9.69 Å². The summed E-state index contributed by atoms with van der Waals surface area (Å²) in [5.74, 6) is 0.631. The molecule has 0 aliphatic rings. The van der Waals surface area contributed by atoms with Crippen LogP contribution >= 0.6 is 0 Å². The second-order valence-corrected chi connectivity index (χ2v) is 6.19. The summed E-state index contributed by atoms with van der Waals surface area (Å²) < 4.78 is 1.75. The van der Waals surface area contributed by atoms with Gasteiger partial charge < -0.3 is 4.98 Å². The van der Waals surface area contributed by atoms with Crippen LogP contribution < -0.4 is 5.56 Å². The molecule has 2 heterocycles. The Labute approximate surface area is 149 Å². The summed E-state index contributed by atoms with van der Waals surface area (Å²) in [7, 11) is 1.96. The molecule has 0 fully saturated rings. The fourth-order valence-corrected chi connectivity index (χ4v) is 2.88. The largest absolute Gasteiger partial charge is 0.309 e. The van der Waals surface area contributed by atoms with E-state index in [0.29, 0.717) is 29.8 Å². The van der Waals surface area contributed by atoms with Crippen LogP contribution in [0.5, 0.6) is 0 Å². The first-order chi connectivity index (χ1) is 12.7. The molecule has 0 unspecified atom stereocenters. The van der Waals surface area contributed by atoms with E-state index in [0.717, 1.165) is 11.4 Å². The normalized spacial score (nSPS) is 11.3. The fraction of sp³-hybridized carbons (Fsp3) is 0.158. The smallest absolute Gasteiger partial charge is 0.258 e. The van der Waals surface area contributed by atoms with Crippen LogP contribution in [0.25, 0.3) is 16.6 Å². The van der Waals surface area contributed by atoms with Gasteiger partial charge in [0.1, 0.15) is 5.82 Å². The van der Waals surface area contributed by atoms with E-state index in [9.17, 15) is 4.79 Å². The molecule has 4 aromatic rings. The van der Waals surface area contributed by atoms with E-state index in [-0.39, 0.29) is 5.56 Å². The van der Waals surface area contributed by atoms with Crippen molar-refractivity contribution in [1.82, 2.24) is 29.9 Å². The average Bonchev–Trinajstić information content (AvgIpc) is 3.11. The lowest BCUT2D eigenvalue weighted by Crippen LogP contribution is -2.22. The minimum absolute atomic E-state index is 0.117. The van der Waals surface area contributed by atoms with Gasteiger partial charge in [0.2, 0.25) is 0 Å². The Balaban J connectivity index is 1.48. The van der Waals surface area contributed by atoms with Crippen molar-refractivity contribution < 1.29 is 0 Å². The highest BCUT2D eigenvalue weighted by Gasteiger charge is 2.09. The van der Waals surface area contributed by atoms with Gasteiger partial charge in [-0.15, -0.1) is 5.10 Å². The molecule has 0 saturated heterocycles. The van der Waals surface area contributed by atoms with Gasteiger partial charge in [-0.2, -0.15) is 0 Å². The predicted octanol–water partition coefficient (Wildman–Crippen LogP) is 2.14. The first kappa shape index (κ1) is 16.2. The van der Waals surface area contributed by atoms with E-state index >= 15 is 0 Å². The Bertz CT molecular complexity index is 1090. The number of para-hydroxylation sites is 2. The maximum absolute atomic E-state index is 12.2. The van der Waals surface area contributed by atoms with Crippen LogP contribution in [0.15, 0.2) is 65.6 Å². The topological polar surface area (TPSA) is 79.7 Å². The fourth-order valence-electron chi connectivity index (χ4n) is 2.88. The Kier molecular flexibility index (Phi) is 4.28. The van der Waals surface area contributed by atoms with E-state index in [1.54, 1.807) is 10.7 Å². The predicted molar refractivity (Wildman–Crippen MR) is 98.9 cm³/mol. The van der Waals surface area contributed by atoms with Gasteiger partial charge in [0, 0.05) is 6.54 Å². The van der Waals surface area contributed by atoms with Crippen molar-refractivity contribution in [3.05, 3.63) is 82.7 Å². The summed E-state index contributed by atoms with van der Waals surface area (Å²) in [4.78, 5) is 21.6. The molecule has 0 bridgehead atoms. The van der Waals surface area contributed by atoms with Crippen LogP contribution in [-0.4, -0.2) is 36.9 Å². The van der Waals surface area contributed by atoms with Gasteiger partial charge in [0.15, 0.2) is 0 Å². The van der Waals surface area contributed by atoms with Gasteiger partial charge in [-0.25, -0.2) is 9.67 Å². The van der Waals surface area contributed by atoms with E-state index in [2.05, 4.69) is 20.3 Å². The van der Waals surface area contributed by atoms with Crippen molar-refractivity contribution in [1.29, 1.82) is 0 Å². The van der Waals surface area contributed by atoms with E-state index < -0.39 is 0 Å². The molecule has 7 nitrogen and oxygen atoms in total. The zero-order valence-corrected chi connectivity index (χ0v) is 14.3. The van der Waals surface area contributed by atoms with Crippen LogP contribution in [0.2, 0.25) is 0 Å². The molecule has 26 heavy (non-hydrogen) atoms. The van der Waals surface area contributed by atoms with Gasteiger partial charge in [-0.05, 0) is 31.3 Å². The third kappa shape index (κ3) is 3.38. The molecule has 130 valence electrons. The van der Waals surface area contributed by atoms with Crippen molar-refractivity contribution in [2.75, 3.05) is 7.05 Å². The van der Waals surface area contributed by atoms with Crippen LogP contribution in [0.3, 0.4) is 0 Å². The van der Waals surface area contributed by atoms with Crippen LogP contribution in [0.1, 0.15) is 11.5 Å². The second-order valence-electron chi connectivity index (χ2n) is 6.19. The maximum atomic E-state index is 12.2. The van der Waals surface area contributed by atoms with Gasteiger partial charge in [-0.1, -0.05) is 35.5 Å². The number of nitrogens with one attached hydrogen (secondary N) is 1. The van der Waals surface area contributed by atoms with Crippen LogP contribution in [0, 0.1) is 0 Å². The number of fused-ring (bicyclic) bond motifs is 1. The highest BCUT2D eigenvalue weighted by Crippen LogP contribution is 2.09. The molecule has 4 rings (SSSR count). The highest BCUT2D eigenvalue weighted by atomic mass is 16.1. The highest BCUT2D eigenvalue weighted by molar-refractivity contribution is 5.77. The zero-order chi connectivity index (χ0) is 17.9. The van der Waals surface area contributed by atoms with Crippen LogP contribution in [-0.2, 0) is 13.1 Å². The third-order valence-corrected chi connectivity index (χ3v) is 4.08. The maximum Gasteiger partial charge on any atom is 0.258 e. The van der Waals surface area contributed by atoms with Gasteiger partial charge >= 0.3 is 0 Å². The number of benzene rings is 2.